The standard InChI is InChI=1S/C14H11Cl2NO3/c1-20-12(14(18)19)4-2-3-8-7-9-11(17-8)6-5-10(15)13(9)16/h2-7,17H,1H3,(H,18,19)/b3-2+,12-4-. The number of rotatable bonds is 4. The average molecular weight is 312 g/mol. The number of H-pyrrole nitrogens is 1. The highest BCUT2D eigenvalue weighted by Crippen LogP contribution is 2.31. The molecule has 0 radical (unpaired) electrons. The Bertz CT molecular complexity index is 717. The minimum Gasteiger partial charge on any atom is -0.490 e. The third-order valence-corrected chi connectivity index (χ3v) is 3.48. The van der Waals surface area contributed by atoms with E-state index in [1.807, 2.05) is 12.1 Å². The van der Waals surface area contributed by atoms with Crippen LogP contribution in [0.2, 0.25) is 10.0 Å². The molecule has 0 unspecified atom stereocenters. The highest BCUT2D eigenvalue weighted by molar-refractivity contribution is 6.45. The fourth-order valence-electron chi connectivity index (χ4n) is 1.72. The number of hydrogen-bond acceptors (Lipinski definition) is 2. The van der Waals surface area contributed by atoms with Crippen LogP contribution in [0, 0.1) is 0 Å². The van der Waals surface area contributed by atoms with Crippen molar-refractivity contribution in [2.45, 2.75) is 0 Å². The maximum absolute atomic E-state index is 10.7. The van der Waals surface area contributed by atoms with Crippen LogP contribution in [-0.2, 0) is 9.53 Å². The van der Waals surface area contributed by atoms with Gasteiger partial charge in [0.05, 0.1) is 17.2 Å². The molecule has 6 heteroatoms. The van der Waals surface area contributed by atoms with E-state index in [0.29, 0.717) is 10.0 Å². The zero-order chi connectivity index (χ0) is 14.7. The molecule has 0 amide bonds. The van der Waals surface area contributed by atoms with E-state index in [4.69, 9.17) is 33.0 Å². The van der Waals surface area contributed by atoms with Gasteiger partial charge in [0.25, 0.3) is 0 Å². The first-order valence-electron chi connectivity index (χ1n) is 5.65. The normalized spacial score (nSPS) is 12.2. The predicted octanol–water partition coefficient (Wildman–Crippen LogP) is 4.10. The summed E-state index contributed by atoms with van der Waals surface area (Å²) >= 11 is 12.0. The quantitative estimate of drug-likeness (QED) is 0.507. The number of aromatic amines is 1. The van der Waals surface area contributed by atoms with Crippen LogP contribution < -0.4 is 0 Å². The van der Waals surface area contributed by atoms with Crippen LogP contribution in [0.1, 0.15) is 5.69 Å². The molecule has 0 spiro atoms. The van der Waals surface area contributed by atoms with Crippen LogP contribution in [0.3, 0.4) is 0 Å². The van der Waals surface area contributed by atoms with E-state index in [1.165, 1.54) is 13.2 Å². The van der Waals surface area contributed by atoms with Gasteiger partial charge >= 0.3 is 5.97 Å². The van der Waals surface area contributed by atoms with Crippen LogP contribution in [0.4, 0.5) is 0 Å². The third kappa shape index (κ3) is 2.98. The number of carbonyl (C=O) groups is 1. The summed E-state index contributed by atoms with van der Waals surface area (Å²) in [6.07, 6.45) is 4.65. The SMILES string of the molecule is CO/C(=C\C=C\c1cc2c(Cl)c(Cl)ccc2[nH]1)C(=O)O. The maximum Gasteiger partial charge on any atom is 0.371 e. The average Bonchev–Trinajstić information content (AvgIpc) is 2.82. The lowest BCUT2D eigenvalue weighted by Gasteiger charge is -1.96. The lowest BCUT2D eigenvalue weighted by atomic mass is 10.2. The number of nitrogens with one attached hydrogen (secondary N) is 1. The minimum atomic E-state index is -1.12. The number of aliphatic carboxylic acids is 1. The highest BCUT2D eigenvalue weighted by atomic mass is 35.5. The summed E-state index contributed by atoms with van der Waals surface area (Å²) in [6.45, 7) is 0. The van der Waals surface area contributed by atoms with Crippen molar-refractivity contribution in [1.29, 1.82) is 0 Å². The number of allylic oxidation sites excluding steroid dienone is 2. The Hall–Kier alpha value is -1.91. The molecule has 0 fully saturated rings. The lowest BCUT2D eigenvalue weighted by molar-refractivity contribution is -0.136. The van der Waals surface area contributed by atoms with Gasteiger partial charge in [-0.25, -0.2) is 4.79 Å². The van der Waals surface area contributed by atoms with E-state index in [9.17, 15) is 4.79 Å². The smallest absolute Gasteiger partial charge is 0.371 e. The highest BCUT2D eigenvalue weighted by Gasteiger charge is 2.06. The van der Waals surface area contributed by atoms with Gasteiger partial charge in [-0.2, -0.15) is 0 Å². The summed E-state index contributed by atoms with van der Waals surface area (Å²) in [7, 11) is 1.30. The first-order valence-corrected chi connectivity index (χ1v) is 6.41. The molecule has 1 heterocycles. The Morgan fingerprint density at radius 3 is 2.80 bits per heavy atom. The zero-order valence-electron chi connectivity index (χ0n) is 10.5. The molecule has 0 aliphatic heterocycles. The summed E-state index contributed by atoms with van der Waals surface area (Å²) in [6, 6.07) is 5.37. The molecule has 0 atom stereocenters. The minimum absolute atomic E-state index is 0.140. The van der Waals surface area contributed by atoms with Crippen molar-refractivity contribution in [2.24, 2.45) is 0 Å². The molecule has 2 rings (SSSR count). The second-order valence-corrected chi connectivity index (χ2v) is 4.73. The van der Waals surface area contributed by atoms with E-state index in [2.05, 4.69) is 4.98 Å². The van der Waals surface area contributed by atoms with Gasteiger partial charge in [-0.1, -0.05) is 29.3 Å². The van der Waals surface area contributed by atoms with E-state index >= 15 is 0 Å². The van der Waals surface area contributed by atoms with Gasteiger partial charge in [-0.05, 0) is 30.4 Å². The first-order chi connectivity index (χ1) is 9.52. The zero-order valence-corrected chi connectivity index (χ0v) is 12.0. The van der Waals surface area contributed by atoms with Gasteiger partial charge in [0.2, 0.25) is 5.76 Å². The van der Waals surface area contributed by atoms with Crippen molar-refractivity contribution in [3.8, 4) is 0 Å². The molecule has 0 aliphatic rings. The molecule has 20 heavy (non-hydrogen) atoms. The monoisotopic (exact) mass is 311 g/mol. The largest absolute Gasteiger partial charge is 0.490 e. The fraction of sp³-hybridized carbons (Fsp3) is 0.0714. The second kappa shape index (κ2) is 6.03. The molecule has 1 aromatic heterocycles. The number of aromatic nitrogens is 1. The van der Waals surface area contributed by atoms with Crippen molar-refractivity contribution in [2.75, 3.05) is 7.11 Å². The Labute approximate surface area is 125 Å². The third-order valence-electron chi connectivity index (χ3n) is 2.67. The molecule has 4 nitrogen and oxygen atoms in total. The molecule has 2 aromatic rings. The maximum atomic E-state index is 10.7. The van der Waals surface area contributed by atoms with Crippen LogP contribution in [-0.4, -0.2) is 23.2 Å². The predicted molar refractivity (Wildman–Crippen MR) is 80.1 cm³/mol. The summed E-state index contributed by atoms with van der Waals surface area (Å²) in [5, 5.41) is 10.6. The number of halogens is 2. The van der Waals surface area contributed by atoms with Crippen molar-refractivity contribution in [3.05, 3.63) is 51.8 Å². The Kier molecular flexibility index (Phi) is 4.37. The molecule has 104 valence electrons. The molecule has 1 aromatic carbocycles. The van der Waals surface area contributed by atoms with Crippen LogP contribution >= 0.6 is 23.2 Å². The van der Waals surface area contributed by atoms with Crippen molar-refractivity contribution >= 4 is 46.2 Å². The van der Waals surface area contributed by atoms with Crippen molar-refractivity contribution in [1.82, 2.24) is 4.98 Å². The summed E-state index contributed by atoms with van der Waals surface area (Å²) in [5.74, 6) is -1.26. The number of fused-ring (bicyclic) bond motifs is 1. The fourth-order valence-corrected chi connectivity index (χ4v) is 2.10. The van der Waals surface area contributed by atoms with Crippen molar-refractivity contribution < 1.29 is 14.6 Å². The molecule has 0 aliphatic carbocycles. The number of benzene rings is 1. The number of carboxylic acid groups (broad SMARTS) is 1. The van der Waals surface area contributed by atoms with Crippen LogP contribution in [0.5, 0.6) is 0 Å². The van der Waals surface area contributed by atoms with E-state index in [-0.39, 0.29) is 5.76 Å². The van der Waals surface area contributed by atoms with Crippen molar-refractivity contribution in [3.63, 3.8) is 0 Å². The van der Waals surface area contributed by atoms with E-state index in [1.54, 1.807) is 18.2 Å². The topological polar surface area (TPSA) is 62.3 Å². The second-order valence-electron chi connectivity index (χ2n) is 3.95. The van der Waals surface area contributed by atoms with Crippen LogP contribution in [0.25, 0.3) is 17.0 Å². The molecular formula is C14H11Cl2NO3. The Morgan fingerprint density at radius 1 is 1.40 bits per heavy atom. The van der Waals surface area contributed by atoms with E-state index < -0.39 is 5.97 Å². The van der Waals surface area contributed by atoms with E-state index in [0.717, 1.165) is 16.6 Å². The Morgan fingerprint density at radius 2 is 2.15 bits per heavy atom. The number of hydrogen-bond donors (Lipinski definition) is 2. The molecular weight excluding hydrogens is 301 g/mol. The van der Waals surface area contributed by atoms with Gasteiger partial charge < -0.3 is 14.8 Å². The summed E-state index contributed by atoms with van der Waals surface area (Å²) in [5.41, 5.74) is 1.63. The number of methoxy groups -OCH3 is 1. The molecule has 0 saturated carbocycles. The van der Waals surface area contributed by atoms with Crippen LogP contribution in [0.15, 0.2) is 36.1 Å². The molecule has 0 saturated heterocycles. The lowest BCUT2D eigenvalue weighted by Crippen LogP contribution is -2.01. The summed E-state index contributed by atoms with van der Waals surface area (Å²) < 4.78 is 4.71. The first kappa shape index (κ1) is 14.5. The summed E-state index contributed by atoms with van der Waals surface area (Å²) in [4.78, 5) is 13.9. The number of carboxylic acids is 1. The number of ether oxygens (including phenoxy) is 1. The van der Waals surface area contributed by atoms with Gasteiger partial charge in [0, 0.05) is 16.6 Å². The molecule has 0 bridgehead atoms. The Balaban J connectivity index is 2.31. The van der Waals surface area contributed by atoms with Gasteiger partial charge in [0.1, 0.15) is 0 Å². The van der Waals surface area contributed by atoms with Gasteiger partial charge in [-0.3, -0.25) is 0 Å². The molecule has 2 N–H and O–H groups in total. The van der Waals surface area contributed by atoms with Gasteiger partial charge in [-0.15, -0.1) is 0 Å². The van der Waals surface area contributed by atoms with Gasteiger partial charge in [0.15, 0.2) is 0 Å².